The van der Waals surface area contributed by atoms with Gasteiger partial charge in [0.25, 0.3) is 0 Å². The standard InChI is InChI=1S/C45H82N4O9S/c1-4-6-8-10-13-19-35-57-42(52)26-32-48(29-22-30-49(31-25-40(50)55-3)33-27-43(53)58-36-20-14-11-9-7-5-2)28-18-12-15-21-34-56-41(51)24-17-16-23-39-44-38(37-59-39)46-45(54)47-44/h38-39,44H,4-37H2,1-3H3,(H2,46,47,54). The summed E-state index contributed by atoms with van der Waals surface area (Å²) >= 11 is 1.90. The molecule has 2 N–H and O–H groups in total. The third kappa shape index (κ3) is 27.1. The highest BCUT2D eigenvalue weighted by atomic mass is 32.2. The highest BCUT2D eigenvalue weighted by Crippen LogP contribution is 2.33. The van der Waals surface area contributed by atoms with Crippen molar-refractivity contribution in [2.45, 2.75) is 185 Å². The Kier molecular flexibility index (Phi) is 31.2. The molecule has 14 heteroatoms. The minimum atomic E-state index is -0.274. The number of hydrogen-bond donors (Lipinski definition) is 2. The second kappa shape index (κ2) is 35.1. The van der Waals surface area contributed by atoms with E-state index >= 15 is 0 Å². The number of fused-ring (bicyclic) bond motifs is 1. The molecule has 2 aliphatic rings. The summed E-state index contributed by atoms with van der Waals surface area (Å²) in [5.74, 6) is 0.169. The van der Waals surface area contributed by atoms with Gasteiger partial charge in [0.05, 0.1) is 58.3 Å². The van der Waals surface area contributed by atoms with Crippen LogP contribution < -0.4 is 10.6 Å². The van der Waals surface area contributed by atoms with Crippen LogP contribution in [0.5, 0.6) is 0 Å². The van der Waals surface area contributed by atoms with Gasteiger partial charge in [0, 0.05) is 37.1 Å². The summed E-state index contributed by atoms with van der Waals surface area (Å²) in [4.78, 5) is 65.5. The number of carbonyl (C=O) groups excluding carboxylic acids is 5. The van der Waals surface area contributed by atoms with Crippen LogP contribution in [0.2, 0.25) is 0 Å². The van der Waals surface area contributed by atoms with Crippen molar-refractivity contribution in [3.63, 3.8) is 0 Å². The van der Waals surface area contributed by atoms with Gasteiger partial charge in [-0.25, -0.2) is 4.79 Å². The SMILES string of the molecule is CCCCCCCCOC(=O)CCN(CCCCCCOC(=O)CCCCC1SCC2NC(=O)NC21)CCCN(CCC(=O)OC)CCC(=O)OCCCCCCCC. The largest absolute Gasteiger partial charge is 0.469 e. The lowest BCUT2D eigenvalue weighted by atomic mass is 10.0. The van der Waals surface area contributed by atoms with Crippen LogP contribution in [-0.2, 0) is 38.1 Å². The number of nitrogens with zero attached hydrogens (tertiary/aromatic N) is 2. The van der Waals surface area contributed by atoms with Gasteiger partial charge in [0.1, 0.15) is 0 Å². The molecule has 0 saturated carbocycles. The molecule has 2 amide bonds. The fourth-order valence-electron chi connectivity index (χ4n) is 7.63. The number of thioether (sulfide) groups is 1. The summed E-state index contributed by atoms with van der Waals surface area (Å²) in [5, 5.41) is 6.40. The molecule has 342 valence electrons. The van der Waals surface area contributed by atoms with Crippen molar-refractivity contribution >= 4 is 41.7 Å². The second-order valence-electron chi connectivity index (χ2n) is 16.3. The van der Waals surface area contributed by atoms with Crippen LogP contribution in [-0.4, -0.2) is 129 Å². The lowest BCUT2D eigenvalue weighted by Crippen LogP contribution is -2.36. The third-order valence-electron chi connectivity index (χ3n) is 11.3. The predicted octanol–water partition coefficient (Wildman–Crippen LogP) is 7.96. The Labute approximate surface area is 361 Å². The smallest absolute Gasteiger partial charge is 0.315 e. The van der Waals surface area contributed by atoms with E-state index in [2.05, 4.69) is 34.3 Å². The monoisotopic (exact) mass is 855 g/mol. The normalized spacial score (nSPS) is 17.2. The molecule has 0 aromatic heterocycles. The minimum absolute atomic E-state index is 0.0686. The number of hydrogen-bond acceptors (Lipinski definition) is 12. The number of methoxy groups -OCH3 is 1. The van der Waals surface area contributed by atoms with Crippen molar-refractivity contribution in [3.8, 4) is 0 Å². The molecular formula is C45H82N4O9S. The Hall–Kier alpha value is -2.58. The summed E-state index contributed by atoms with van der Waals surface area (Å²) in [6.07, 6.45) is 22.3. The lowest BCUT2D eigenvalue weighted by Gasteiger charge is -2.25. The van der Waals surface area contributed by atoms with Crippen LogP contribution in [0.4, 0.5) is 4.79 Å². The zero-order valence-electron chi connectivity index (χ0n) is 37.3. The predicted molar refractivity (Wildman–Crippen MR) is 235 cm³/mol. The lowest BCUT2D eigenvalue weighted by molar-refractivity contribution is -0.145. The van der Waals surface area contributed by atoms with E-state index in [1.807, 2.05) is 11.8 Å². The number of unbranched alkanes of at least 4 members (excludes halogenated alkanes) is 14. The summed E-state index contributed by atoms with van der Waals surface area (Å²) in [6, 6.07) is 0.357. The average molecular weight is 855 g/mol. The summed E-state index contributed by atoms with van der Waals surface area (Å²) in [6.45, 7) is 9.74. The number of amides is 2. The number of nitrogens with one attached hydrogen (secondary N) is 2. The molecule has 2 rings (SSSR count). The topological polar surface area (TPSA) is 153 Å². The molecule has 0 spiro atoms. The van der Waals surface area contributed by atoms with Crippen molar-refractivity contribution in [2.75, 3.05) is 72.0 Å². The number of rotatable bonds is 39. The second-order valence-corrected chi connectivity index (χ2v) is 17.6. The number of ether oxygens (including phenoxy) is 4. The Morgan fingerprint density at radius 3 is 1.54 bits per heavy atom. The molecule has 13 nitrogen and oxygen atoms in total. The van der Waals surface area contributed by atoms with E-state index in [1.54, 1.807) is 0 Å². The number of esters is 4. The average Bonchev–Trinajstić information content (AvgIpc) is 3.79. The van der Waals surface area contributed by atoms with Gasteiger partial charge in [-0.3, -0.25) is 19.2 Å². The molecule has 0 aromatic rings. The van der Waals surface area contributed by atoms with E-state index < -0.39 is 0 Å². The van der Waals surface area contributed by atoms with Crippen LogP contribution in [0.3, 0.4) is 0 Å². The highest BCUT2D eigenvalue weighted by Gasteiger charge is 2.42. The molecule has 2 saturated heterocycles. The first-order chi connectivity index (χ1) is 28.7. The number of carbonyl (C=O) groups is 5. The molecule has 2 heterocycles. The van der Waals surface area contributed by atoms with Crippen LogP contribution in [0.15, 0.2) is 0 Å². The Morgan fingerprint density at radius 2 is 1.00 bits per heavy atom. The van der Waals surface area contributed by atoms with Crippen LogP contribution in [0.1, 0.15) is 168 Å². The van der Waals surface area contributed by atoms with E-state index in [4.69, 9.17) is 18.9 Å². The van der Waals surface area contributed by atoms with Crippen molar-refractivity contribution in [3.05, 3.63) is 0 Å². The molecule has 59 heavy (non-hydrogen) atoms. The fraction of sp³-hybridized carbons (Fsp3) is 0.889. The van der Waals surface area contributed by atoms with Crippen molar-refractivity contribution in [1.29, 1.82) is 0 Å². The van der Waals surface area contributed by atoms with E-state index in [9.17, 15) is 24.0 Å². The van der Waals surface area contributed by atoms with Gasteiger partial charge in [-0.15, -0.1) is 0 Å². The van der Waals surface area contributed by atoms with Gasteiger partial charge in [0.15, 0.2) is 0 Å². The quantitative estimate of drug-likeness (QED) is 0.0267. The van der Waals surface area contributed by atoms with Gasteiger partial charge >= 0.3 is 29.9 Å². The zero-order chi connectivity index (χ0) is 42.8. The fourth-order valence-corrected chi connectivity index (χ4v) is 9.17. The van der Waals surface area contributed by atoms with Gasteiger partial charge in [-0.05, 0) is 64.6 Å². The molecular weight excluding hydrogens is 773 g/mol. The molecule has 2 aliphatic heterocycles. The minimum Gasteiger partial charge on any atom is -0.469 e. The maximum absolute atomic E-state index is 12.6. The van der Waals surface area contributed by atoms with Gasteiger partial charge in [0.2, 0.25) is 0 Å². The van der Waals surface area contributed by atoms with E-state index in [0.717, 1.165) is 95.9 Å². The summed E-state index contributed by atoms with van der Waals surface area (Å²) < 4.78 is 21.4. The Bertz CT molecular complexity index is 1150. The van der Waals surface area contributed by atoms with Gasteiger partial charge in [-0.1, -0.05) is 97.3 Å². The molecule has 0 aromatic carbocycles. The maximum Gasteiger partial charge on any atom is 0.315 e. The van der Waals surface area contributed by atoms with Crippen LogP contribution in [0.25, 0.3) is 0 Å². The van der Waals surface area contributed by atoms with Crippen molar-refractivity contribution in [1.82, 2.24) is 20.4 Å². The molecule has 3 unspecified atom stereocenters. The Morgan fingerprint density at radius 1 is 0.542 bits per heavy atom. The van der Waals surface area contributed by atoms with E-state index in [1.165, 1.54) is 58.5 Å². The van der Waals surface area contributed by atoms with Crippen molar-refractivity contribution in [2.24, 2.45) is 0 Å². The van der Waals surface area contributed by atoms with E-state index in [-0.39, 0.29) is 54.8 Å². The number of urea groups is 1. The van der Waals surface area contributed by atoms with Gasteiger partial charge in [-0.2, -0.15) is 11.8 Å². The van der Waals surface area contributed by atoms with E-state index in [0.29, 0.717) is 64.1 Å². The first-order valence-corrected chi connectivity index (χ1v) is 24.5. The Balaban J connectivity index is 1.71. The molecule has 0 bridgehead atoms. The molecule has 0 aliphatic carbocycles. The first-order valence-electron chi connectivity index (χ1n) is 23.4. The molecule has 0 radical (unpaired) electrons. The van der Waals surface area contributed by atoms with Gasteiger partial charge < -0.3 is 39.4 Å². The maximum atomic E-state index is 12.6. The van der Waals surface area contributed by atoms with Crippen LogP contribution >= 0.6 is 11.8 Å². The zero-order valence-corrected chi connectivity index (χ0v) is 38.1. The highest BCUT2D eigenvalue weighted by molar-refractivity contribution is 8.00. The van der Waals surface area contributed by atoms with Crippen molar-refractivity contribution < 1.29 is 42.9 Å². The summed E-state index contributed by atoms with van der Waals surface area (Å²) in [5.41, 5.74) is 0. The molecule has 3 atom stereocenters. The molecule has 2 fully saturated rings. The first kappa shape index (κ1) is 52.6. The third-order valence-corrected chi connectivity index (χ3v) is 12.8. The van der Waals surface area contributed by atoms with Crippen LogP contribution in [0, 0.1) is 0 Å². The summed E-state index contributed by atoms with van der Waals surface area (Å²) in [7, 11) is 1.39.